The van der Waals surface area contributed by atoms with E-state index in [0.29, 0.717) is 18.7 Å². The molecule has 0 aromatic rings. The van der Waals surface area contributed by atoms with E-state index in [1.807, 2.05) is 6.08 Å². The molecule has 1 unspecified atom stereocenters. The van der Waals surface area contributed by atoms with Gasteiger partial charge in [-0.3, -0.25) is 9.79 Å². The van der Waals surface area contributed by atoms with E-state index in [2.05, 4.69) is 11.9 Å². The summed E-state index contributed by atoms with van der Waals surface area (Å²) in [5, 5.41) is 9.67. The van der Waals surface area contributed by atoms with E-state index in [-0.39, 0.29) is 35.7 Å². The van der Waals surface area contributed by atoms with Crippen molar-refractivity contribution in [3.05, 3.63) is 12.3 Å². The summed E-state index contributed by atoms with van der Waals surface area (Å²) in [4.78, 5) is 26.7. The molecule has 1 saturated carbocycles. The number of esters is 2. The normalized spacial score (nSPS) is 33.6. The van der Waals surface area contributed by atoms with Crippen LogP contribution in [0.4, 0.5) is 0 Å². The van der Waals surface area contributed by atoms with Crippen LogP contribution < -0.4 is 0 Å². The van der Waals surface area contributed by atoms with E-state index >= 15 is 0 Å². The fourth-order valence-electron chi connectivity index (χ4n) is 3.52. The van der Waals surface area contributed by atoms with Crippen LogP contribution in [0.25, 0.3) is 0 Å². The fourth-order valence-corrected chi connectivity index (χ4v) is 3.52. The van der Waals surface area contributed by atoms with Crippen LogP contribution in [0.5, 0.6) is 0 Å². The third kappa shape index (κ3) is 3.21. The third-order valence-electron chi connectivity index (χ3n) is 4.89. The highest BCUT2D eigenvalue weighted by atomic mass is 16.5. The molecule has 122 valence electrons. The number of ether oxygens (including phenoxy) is 2. The molecule has 0 aromatic carbocycles. The average Bonchev–Trinajstić information content (AvgIpc) is 2.45. The van der Waals surface area contributed by atoms with E-state index in [4.69, 9.17) is 9.47 Å². The van der Waals surface area contributed by atoms with Crippen LogP contribution in [0.3, 0.4) is 0 Å². The molecular weight excluding hydrogens is 286 g/mol. The standard InChI is InChI=1S/C16H23NO5/c1-10(19)22-9-11-6-13(12(11)8-18)16(2)4-5-17-14(7-16)15(20)21-3/h4-5,11-13,18H,6-9H2,1-3H3/t11-,12-,13-,16?/m1/s1. The predicted molar refractivity (Wildman–Crippen MR) is 80.1 cm³/mol. The lowest BCUT2D eigenvalue weighted by atomic mass is 9.53. The number of methoxy groups -OCH3 is 1. The highest BCUT2D eigenvalue weighted by Gasteiger charge is 2.50. The van der Waals surface area contributed by atoms with Crippen molar-refractivity contribution >= 4 is 17.7 Å². The maximum Gasteiger partial charge on any atom is 0.352 e. The molecule has 0 radical (unpaired) electrons. The van der Waals surface area contributed by atoms with E-state index < -0.39 is 5.97 Å². The Kier molecular flexibility index (Phi) is 5.01. The molecular formula is C16H23NO5. The van der Waals surface area contributed by atoms with Crippen LogP contribution in [0.15, 0.2) is 17.3 Å². The molecule has 1 fully saturated rings. The summed E-state index contributed by atoms with van der Waals surface area (Å²) in [7, 11) is 1.34. The van der Waals surface area contributed by atoms with Gasteiger partial charge in [-0.15, -0.1) is 0 Å². The van der Waals surface area contributed by atoms with Crippen molar-refractivity contribution in [1.29, 1.82) is 0 Å². The summed E-state index contributed by atoms with van der Waals surface area (Å²) in [6.45, 7) is 3.84. The molecule has 2 aliphatic rings. The van der Waals surface area contributed by atoms with Crippen molar-refractivity contribution in [3.63, 3.8) is 0 Å². The van der Waals surface area contributed by atoms with Gasteiger partial charge >= 0.3 is 11.9 Å². The van der Waals surface area contributed by atoms with Gasteiger partial charge in [0.05, 0.1) is 13.7 Å². The van der Waals surface area contributed by atoms with Crippen molar-refractivity contribution in [2.24, 2.45) is 28.2 Å². The lowest BCUT2D eigenvalue weighted by Crippen LogP contribution is -2.50. The van der Waals surface area contributed by atoms with Gasteiger partial charge in [-0.05, 0) is 29.6 Å². The van der Waals surface area contributed by atoms with Crippen molar-refractivity contribution in [1.82, 2.24) is 0 Å². The zero-order valence-corrected chi connectivity index (χ0v) is 13.2. The Morgan fingerprint density at radius 2 is 2.23 bits per heavy atom. The third-order valence-corrected chi connectivity index (χ3v) is 4.89. The first kappa shape index (κ1) is 16.7. The van der Waals surface area contributed by atoms with Crippen LogP contribution in [0, 0.1) is 23.2 Å². The van der Waals surface area contributed by atoms with Crippen LogP contribution in [-0.2, 0) is 19.1 Å². The number of hydrogen-bond donors (Lipinski definition) is 1. The molecule has 1 heterocycles. The van der Waals surface area contributed by atoms with Gasteiger partial charge in [-0.1, -0.05) is 13.0 Å². The molecule has 6 heteroatoms. The van der Waals surface area contributed by atoms with E-state index in [0.717, 1.165) is 6.42 Å². The lowest BCUT2D eigenvalue weighted by Gasteiger charge is -2.52. The summed E-state index contributed by atoms with van der Waals surface area (Å²) in [5.74, 6) is -0.254. The number of nitrogens with zero attached hydrogens (tertiary/aromatic N) is 1. The second-order valence-corrected chi connectivity index (χ2v) is 6.32. The van der Waals surface area contributed by atoms with Gasteiger partial charge in [-0.25, -0.2) is 4.79 Å². The number of carbonyl (C=O) groups excluding carboxylic acids is 2. The number of aliphatic imine (C=N–C) groups is 1. The summed E-state index contributed by atoms with van der Waals surface area (Å²) in [6.07, 6.45) is 4.99. The number of aliphatic hydroxyl groups is 1. The number of allylic oxidation sites excluding steroid dienone is 1. The van der Waals surface area contributed by atoms with Crippen LogP contribution in [-0.4, -0.2) is 43.1 Å². The Morgan fingerprint density at radius 1 is 1.50 bits per heavy atom. The maximum absolute atomic E-state index is 11.7. The minimum absolute atomic E-state index is 0.0464. The zero-order valence-electron chi connectivity index (χ0n) is 13.2. The van der Waals surface area contributed by atoms with E-state index in [1.165, 1.54) is 14.0 Å². The van der Waals surface area contributed by atoms with Crippen molar-refractivity contribution in [2.75, 3.05) is 20.3 Å². The Hall–Kier alpha value is -1.69. The van der Waals surface area contributed by atoms with Gasteiger partial charge in [0.15, 0.2) is 0 Å². The highest BCUT2D eigenvalue weighted by molar-refractivity contribution is 6.36. The van der Waals surface area contributed by atoms with Gasteiger partial charge < -0.3 is 14.6 Å². The summed E-state index contributed by atoms with van der Waals surface area (Å²) in [6, 6.07) is 0. The first-order valence-corrected chi connectivity index (χ1v) is 7.48. The molecule has 2 rings (SSSR count). The average molecular weight is 309 g/mol. The molecule has 4 atom stereocenters. The van der Waals surface area contributed by atoms with Crippen molar-refractivity contribution < 1.29 is 24.2 Å². The SMILES string of the molecule is COC(=O)C1=NC=CC(C)([C@@H]2C[C@H](COC(C)=O)[C@H]2CO)C1. The molecule has 6 nitrogen and oxygen atoms in total. The first-order chi connectivity index (χ1) is 10.4. The van der Waals surface area contributed by atoms with Crippen LogP contribution >= 0.6 is 0 Å². The Bertz CT molecular complexity index is 513. The lowest BCUT2D eigenvalue weighted by molar-refractivity contribution is -0.148. The van der Waals surface area contributed by atoms with E-state index in [1.54, 1.807) is 6.20 Å². The molecule has 1 aliphatic heterocycles. The number of hydrogen-bond acceptors (Lipinski definition) is 6. The number of aliphatic hydroxyl groups excluding tert-OH is 1. The van der Waals surface area contributed by atoms with Gasteiger partial charge in [0, 0.05) is 26.2 Å². The number of carbonyl (C=O) groups is 2. The maximum atomic E-state index is 11.7. The highest BCUT2D eigenvalue weighted by Crippen LogP contribution is 2.53. The first-order valence-electron chi connectivity index (χ1n) is 7.48. The van der Waals surface area contributed by atoms with E-state index in [9.17, 15) is 14.7 Å². The summed E-state index contributed by atoms with van der Waals surface area (Å²) in [5.41, 5.74) is 0.165. The number of rotatable bonds is 5. The Balaban J connectivity index is 2.03. The largest absolute Gasteiger partial charge is 0.466 e. The minimum atomic E-state index is -0.410. The summed E-state index contributed by atoms with van der Waals surface area (Å²) >= 11 is 0. The van der Waals surface area contributed by atoms with Gasteiger partial charge in [0.2, 0.25) is 0 Å². The topological polar surface area (TPSA) is 85.2 Å². The predicted octanol–water partition coefficient (Wildman–Crippen LogP) is 1.33. The fraction of sp³-hybridized carbons (Fsp3) is 0.688. The molecule has 1 aliphatic carbocycles. The summed E-state index contributed by atoms with van der Waals surface area (Å²) < 4.78 is 9.80. The molecule has 0 spiro atoms. The minimum Gasteiger partial charge on any atom is -0.466 e. The Morgan fingerprint density at radius 3 is 2.82 bits per heavy atom. The molecule has 1 N–H and O–H groups in total. The molecule has 0 amide bonds. The second kappa shape index (κ2) is 6.60. The van der Waals surface area contributed by atoms with Crippen LogP contribution in [0.1, 0.15) is 26.7 Å². The second-order valence-electron chi connectivity index (χ2n) is 6.32. The molecule has 22 heavy (non-hydrogen) atoms. The van der Waals surface area contributed by atoms with Crippen LogP contribution in [0.2, 0.25) is 0 Å². The molecule has 0 bridgehead atoms. The molecule has 0 aromatic heterocycles. The van der Waals surface area contributed by atoms with Gasteiger partial charge in [-0.2, -0.15) is 0 Å². The quantitative estimate of drug-likeness (QED) is 0.774. The smallest absolute Gasteiger partial charge is 0.352 e. The monoisotopic (exact) mass is 309 g/mol. The van der Waals surface area contributed by atoms with Crippen molar-refractivity contribution in [3.8, 4) is 0 Å². The van der Waals surface area contributed by atoms with Gasteiger partial charge in [0.1, 0.15) is 5.71 Å². The zero-order chi connectivity index (χ0) is 16.3. The Labute approximate surface area is 130 Å². The van der Waals surface area contributed by atoms with Gasteiger partial charge in [0.25, 0.3) is 0 Å². The molecule has 0 saturated heterocycles. The van der Waals surface area contributed by atoms with Crippen molar-refractivity contribution in [2.45, 2.75) is 26.7 Å².